The lowest BCUT2D eigenvalue weighted by Gasteiger charge is -2.29. The Morgan fingerprint density at radius 3 is 2.85 bits per heavy atom. The number of benzene rings is 1. The second kappa shape index (κ2) is 5.76. The lowest BCUT2D eigenvalue weighted by molar-refractivity contribution is -0.146. The van der Waals surface area contributed by atoms with Crippen LogP contribution in [0.15, 0.2) is 18.2 Å². The van der Waals surface area contributed by atoms with Crippen molar-refractivity contribution in [3.8, 4) is 0 Å². The molecule has 0 saturated carbocycles. The Labute approximate surface area is 127 Å². The van der Waals surface area contributed by atoms with Crippen LogP contribution in [-0.2, 0) is 9.59 Å². The zero-order valence-corrected chi connectivity index (χ0v) is 12.4. The normalized spacial score (nSPS) is 19.1. The first-order valence-electron chi connectivity index (χ1n) is 6.06. The SMILES string of the molecule is CN1C(=O)CCC(Nc2ccc(Cl)cc2C(N)=S)C1=O. The first kappa shape index (κ1) is 14.7. The molecule has 0 aromatic heterocycles. The van der Waals surface area contributed by atoms with Crippen molar-refractivity contribution in [2.45, 2.75) is 18.9 Å². The van der Waals surface area contributed by atoms with Gasteiger partial charge in [0.25, 0.3) is 5.91 Å². The molecule has 0 spiro atoms. The number of nitrogens with zero attached hydrogens (tertiary/aromatic N) is 1. The lowest BCUT2D eigenvalue weighted by Crippen LogP contribution is -2.48. The highest BCUT2D eigenvalue weighted by Crippen LogP contribution is 2.24. The Morgan fingerprint density at radius 1 is 1.50 bits per heavy atom. The molecule has 1 saturated heterocycles. The maximum Gasteiger partial charge on any atom is 0.251 e. The molecular weight excluding hydrogens is 298 g/mol. The number of rotatable bonds is 3. The fraction of sp³-hybridized carbons (Fsp3) is 0.308. The molecule has 1 atom stereocenters. The minimum absolute atomic E-state index is 0.168. The van der Waals surface area contributed by atoms with Crippen molar-refractivity contribution in [1.82, 2.24) is 4.90 Å². The third kappa shape index (κ3) is 2.91. The van der Waals surface area contributed by atoms with E-state index in [9.17, 15) is 9.59 Å². The van der Waals surface area contributed by atoms with Gasteiger partial charge in [0, 0.05) is 29.7 Å². The van der Waals surface area contributed by atoms with Crippen LogP contribution in [-0.4, -0.2) is 34.8 Å². The highest BCUT2D eigenvalue weighted by atomic mass is 35.5. The molecule has 1 aliphatic rings. The summed E-state index contributed by atoms with van der Waals surface area (Å²) in [6.45, 7) is 0. The third-order valence-corrected chi connectivity index (χ3v) is 3.68. The monoisotopic (exact) mass is 311 g/mol. The van der Waals surface area contributed by atoms with Gasteiger partial charge < -0.3 is 11.1 Å². The van der Waals surface area contributed by atoms with Crippen LogP contribution in [0.5, 0.6) is 0 Å². The molecule has 0 aliphatic carbocycles. The molecule has 1 heterocycles. The van der Waals surface area contributed by atoms with Crippen molar-refractivity contribution < 1.29 is 9.59 Å². The predicted molar refractivity (Wildman–Crippen MR) is 81.8 cm³/mol. The maximum atomic E-state index is 12.0. The second-order valence-corrected chi connectivity index (χ2v) is 5.46. The van der Waals surface area contributed by atoms with Gasteiger partial charge in [0.15, 0.2) is 0 Å². The van der Waals surface area contributed by atoms with Gasteiger partial charge in [-0.1, -0.05) is 23.8 Å². The zero-order valence-electron chi connectivity index (χ0n) is 10.9. The molecule has 1 aromatic rings. The Balaban J connectivity index is 2.24. The van der Waals surface area contributed by atoms with Gasteiger partial charge in [-0.2, -0.15) is 0 Å². The molecule has 1 aromatic carbocycles. The van der Waals surface area contributed by atoms with Crippen LogP contribution >= 0.6 is 23.8 Å². The molecule has 2 amide bonds. The predicted octanol–water partition coefficient (Wildman–Crippen LogP) is 1.53. The van der Waals surface area contributed by atoms with Crippen LogP contribution in [0.25, 0.3) is 0 Å². The number of piperidine rings is 1. The van der Waals surface area contributed by atoms with E-state index >= 15 is 0 Å². The Morgan fingerprint density at radius 2 is 2.20 bits per heavy atom. The summed E-state index contributed by atoms with van der Waals surface area (Å²) < 4.78 is 0. The lowest BCUT2D eigenvalue weighted by atomic mass is 10.0. The van der Waals surface area contributed by atoms with Crippen LogP contribution in [0, 0.1) is 0 Å². The number of amides is 2. The minimum atomic E-state index is -0.466. The topological polar surface area (TPSA) is 75.4 Å². The van der Waals surface area contributed by atoms with Crippen molar-refractivity contribution >= 4 is 46.3 Å². The molecule has 0 radical (unpaired) electrons. The first-order chi connectivity index (χ1) is 9.40. The van der Waals surface area contributed by atoms with Crippen LogP contribution in [0.3, 0.4) is 0 Å². The molecule has 5 nitrogen and oxygen atoms in total. The van der Waals surface area contributed by atoms with Gasteiger partial charge in [0.05, 0.1) is 0 Å². The van der Waals surface area contributed by atoms with E-state index in [1.54, 1.807) is 18.2 Å². The number of carbonyl (C=O) groups excluding carboxylic acids is 2. The van der Waals surface area contributed by atoms with E-state index in [0.717, 1.165) is 4.90 Å². The van der Waals surface area contributed by atoms with Gasteiger partial charge >= 0.3 is 0 Å². The summed E-state index contributed by atoms with van der Waals surface area (Å²) in [6, 6.07) is 4.59. The largest absolute Gasteiger partial charge is 0.389 e. The van der Waals surface area contributed by atoms with Gasteiger partial charge in [-0.25, -0.2) is 0 Å². The molecule has 106 valence electrons. The number of hydrogen-bond acceptors (Lipinski definition) is 4. The summed E-state index contributed by atoms with van der Waals surface area (Å²) in [5.74, 6) is -0.427. The van der Waals surface area contributed by atoms with Crippen molar-refractivity contribution in [2.24, 2.45) is 5.73 Å². The number of nitrogens with one attached hydrogen (secondary N) is 1. The van der Waals surface area contributed by atoms with Gasteiger partial charge in [-0.15, -0.1) is 0 Å². The van der Waals surface area contributed by atoms with E-state index in [1.165, 1.54) is 7.05 Å². The second-order valence-electron chi connectivity index (χ2n) is 4.58. The molecule has 1 fully saturated rings. The van der Waals surface area contributed by atoms with Crippen molar-refractivity contribution in [2.75, 3.05) is 12.4 Å². The van der Waals surface area contributed by atoms with Crippen LogP contribution in [0.2, 0.25) is 5.02 Å². The van der Waals surface area contributed by atoms with E-state index in [-0.39, 0.29) is 16.8 Å². The van der Waals surface area contributed by atoms with Gasteiger partial charge in [0.2, 0.25) is 5.91 Å². The average molecular weight is 312 g/mol. The molecule has 3 N–H and O–H groups in total. The molecule has 2 rings (SSSR count). The Bertz CT molecular complexity index is 591. The number of carbonyl (C=O) groups is 2. The molecule has 1 unspecified atom stereocenters. The number of halogens is 1. The molecular formula is C13H14ClN3O2S. The van der Waals surface area contributed by atoms with E-state index in [2.05, 4.69) is 5.32 Å². The molecule has 0 bridgehead atoms. The summed E-state index contributed by atoms with van der Waals surface area (Å²) in [4.78, 5) is 24.8. The first-order valence-corrected chi connectivity index (χ1v) is 6.85. The number of hydrogen-bond donors (Lipinski definition) is 2. The highest BCUT2D eigenvalue weighted by molar-refractivity contribution is 7.80. The minimum Gasteiger partial charge on any atom is -0.389 e. The fourth-order valence-electron chi connectivity index (χ4n) is 2.08. The van der Waals surface area contributed by atoms with Crippen molar-refractivity contribution in [3.63, 3.8) is 0 Å². The highest BCUT2D eigenvalue weighted by Gasteiger charge is 2.32. The number of anilines is 1. The van der Waals surface area contributed by atoms with Crippen LogP contribution < -0.4 is 11.1 Å². The van der Waals surface area contributed by atoms with E-state index in [4.69, 9.17) is 29.6 Å². The average Bonchev–Trinajstić information content (AvgIpc) is 2.41. The number of thiocarbonyl (C=S) groups is 1. The zero-order chi connectivity index (χ0) is 14.9. The summed E-state index contributed by atoms with van der Waals surface area (Å²) in [7, 11) is 1.48. The Kier molecular flexibility index (Phi) is 4.25. The number of nitrogens with two attached hydrogens (primary N) is 1. The summed E-state index contributed by atoms with van der Waals surface area (Å²) in [6.07, 6.45) is 0.775. The number of likely N-dealkylation sites (N-methyl/N-ethyl adjacent to an activating group) is 1. The van der Waals surface area contributed by atoms with Gasteiger partial charge in [-0.3, -0.25) is 14.5 Å². The van der Waals surface area contributed by atoms with Gasteiger partial charge in [0.1, 0.15) is 11.0 Å². The quantitative estimate of drug-likeness (QED) is 0.654. The van der Waals surface area contributed by atoms with Gasteiger partial charge in [-0.05, 0) is 24.6 Å². The number of imide groups is 1. The van der Waals surface area contributed by atoms with Crippen LogP contribution in [0.4, 0.5) is 5.69 Å². The number of likely N-dealkylation sites (tertiary alicyclic amines) is 1. The Hall–Kier alpha value is -1.66. The summed E-state index contributed by atoms with van der Waals surface area (Å²) in [5.41, 5.74) is 6.88. The summed E-state index contributed by atoms with van der Waals surface area (Å²) in [5, 5.41) is 3.60. The van der Waals surface area contributed by atoms with Crippen molar-refractivity contribution in [1.29, 1.82) is 0 Å². The molecule has 1 aliphatic heterocycles. The van der Waals surface area contributed by atoms with Crippen LogP contribution in [0.1, 0.15) is 18.4 Å². The smallest absolute Gasteiger partial charge is 0.251 e. The van der Waals surface area contributed by atoms with E-state index in [1.807, 2.05) is 0 Å². The standard InChI is InChI=1S/C13H14ClN3O2S/c1-17-11(18)5-4-10(13(17)19)16-9-3-2-7(14)6-8(9)12(15)20/h2-3,6,10,16H,4-5H2,1H3,(H2,15,20). The van der Waals surface area contributed by atoms with E-state index in [0.29, 0.717) is 29.1 Å². The third-order valence-electron chi connectivity index (χ3n) is 3.23. The fourth-order valence-corrected chi connectivity index (χ4v) is 2.42. The summed E-state index contributed by atoms with van der Waals surface area (Å²) >= 11 is 10.9. The molecule has 7 heteroatoms. The molecule has 20 heavy (non-hydrogen) atoms. The maximum absolute atomic E-state index is 12.0. The van der Waals surface area contributed by atoms with E-state index < -0.39 is 6.04 Å². The van der Waals surface area contributed by atoms with Crippen molar-refractivity contribution in [3.05, 3.63) is 28.8 Å².